The van der Waals surface area contributed by atoms with E-state index in [1.54, 1.807) is 29.5 Å². The van der Waals surface area contributed by atoms with Crippen molar-refractivity contribution < 1.29 is 32.2 Å². The largest absolute Gasteiger partial charge is 0.463 e. The molecule has 0 fully saturated rings. The molecule has 5 nitrogen and oxygen atoms in total. The molecule has 0 aliphatic rings. The van der Waals surface area contributed by atoms with E-state index in [1.807, 2.05) is 0 Å². The van der Waals surface area contributed by atoms with Crippen molar-refractivity contribution in [2.24, 2.45) is 0 Å². The molecule has 1 aromatic carbocycles. The number of hydrogen-bond donors (Lipinski definition) is 1. The molecule has 1 rings (SSSR count). The van der Waals surface area contributed by atoms with Crippen LogP contribution in [0.25, 0.3) is 0 Å². The van der Waals surface area contributed by atoms with Gasteiger partial charge < -0.3 is 14.8 Å². The smallest absolute Gasteiger partial charge is 0.431 e. The van der Waals surface area contributed by atoms with E-state index >= 15 is 0 Å². The minimum absolute atomic E-state index is 0.0355. The van der Waals surface area contributed by atoms with Gasteiger partial charge in [-0.15, -0.1) is 0 Å². The number of nitrogens with one attached hydrogen (secondary N) is 1. The lowest BCUT2D eigenvalue weighted by Crippen LogP contribution is -2.21. The van der Waals surface area contributed by atoms with Gasteiger partial charge in [-0.2, -0.15) is 13.2 Å². The molecule has 9 heteroatoms. The summed E-state index contributed by atoms with van der Waals surface area (Å²) >= 11 is 1.78. The predicted octanol–water partition coefficient (Wildman–Crippen LogP) is 3.89. The Morgan fingerprint density at radius 3 is 2.33 bits per heavy atom. The average Bonchev–Trinajstić information content (AvgIpc) is 2.47. The third-order valence-electron chi connectivity index (χ3n) is 2.60. The van der Waals surface area contributed by atoms with E-state index in [9.17, 15) is 22.8 Å². The number of rotatable bonds is 6. The second-order valence-electron chi connectivity index (χ2n) is 4.35. The average molecular weight is 457 g/mol. The molecule has 0 atom stereocenters. The van der Waals surface area contributed by atoms with Gasteiger partial charge in [0.2, 0.25) is 0 Å². The van der Waals surface area contributed by atoms with Crippen LogP contribution in [0.15, 0.2) is 30.0 Å². The third kappa shape index (κ3) is 6.02. The number of allylic oxidation sites excluding steroid dienone is 1. The van der Waals surface area contributed by atoms with Crippen molar-refractivity contribution >= 4 is 40.2 Å². The van der Waals surface area contributed by atoms with Gasteiger partial charge in [0.15, 0.2) is 0 Å². The number of alkyl halides is 3. The van der Waals surface area contributed by atoms with E-state index in [0.29, 0.717) is 9.65 Å². The number of halogens is 4. The van der Waals surface area contributed by atoms with Crippen LogP contribution in [-0.4, -0.2) is 31.3 Å². The van der Waals surface area contributed by atoms with E-state index in [-0.39, 0.29) is 24.5 Å². The summed E-state index contributed by atoms with van der Waals surface area (Å²) in [4.78, 5) is 22.9. The van der Waals surface area contributed by atoms with Crippen molar-refractivity contribution in [3.8, 4) is 0 Å². The van der Waals surface area contributed by atoms with E-state index in [2.05, 4.69) is 10.1 Å². The molecule has 0 saturated heterocycles. The molecule has 0 saturated carbocycles. The first-order valence-electron chi connectivity index (χ1n) is 6.88. The summed E-state index contributed by atoms with van der Waals surface area (Å²) in [6, 6.07) is 4.03. The summed E-state index contributed by atoms with van der Waals surface area (Å²) in [5.41, 5.74) is -0.950. The first kappa shape index (κ1) is 20.3. The molecule has 132 valence electrons. The number of benzene rings is 1. The summed E-state index contributed by atoms with van der Waals surface area (Å²) in [7, 11) is 0. The number of hydrogen-bond acceptors (Lipinski definition) is 5. The number of esters is 2. The van der Waals surface area contributed by atoms with Crippen molar-refractivity contribution in [2.75, 3.05) is 18.5 Å². The zero-order valence-corrected chi connectivity index (χ0v) is 15.0. The fourth-order valence-electron chi connectivity index (χ4n) is 1.59. The first-order chi connectivity index (χ1) is 11.2. The Balaban J connectivity index is 3.07. The molecule has 1 aromatic rings. The maximum absolute atomic E-state index is 13.0. The zero-order valence-electron chi connectivity index (χ0n) is 12.9. The third-order valence-corrected chi connectivity index (χ3v) is 3.50. The van der Waals surface area contributed by atoms with Gasteiger partial charge >= 0.3 is 18.1 Å². The summed E-state index contributed by atoms with van der Waals surface area (Å²) in [6.07, 6.45) is -4.42. The topological polar surface area (TPSA) is 64.6 Å². The lowest BCUT2D eigenvalue weighted by molar-refractivity contribution is -0.138. The molecular formula is C15H15F3INO4. The lowest BCUT2D eigenvalue weighted by Gasteiger charge is -2.15. The van der Waals surface area contributed by atoms with E-state index < -0.39 is 23.8 Å². The van der Waals surface area contributed by atoms with Gasteiger partial charge in [-0.05, 0) is 54.6 Å². The van der Waals surface area contributed by atoms with Crippen LogP contribution in [0.5, 0.6) is 0 Å². The van der Waals surface area contributed by atoms with Crippen molar-refractivity contribution in [2.45, 2.75) is 20.0 Å². The highest BCUT2D eigenvalue weighted by Crippen LogP contribution is 2.29. The predicted molar refractivity (Wildman–Crippen MR) is 89.5 cm³/mol. The summed E-state index contributed by atoms with van der Waals surface area (Å²) in [5.74, 6) is -1.67. The highest BCUT2D eigenvalue weighted by molar-refractivity contribution is 14.1. The summed E-state index contributed by atoms with van der Waals surface area (Å²) in [5, 5.41) is 2.15. The molecule has 0 aliphatic carbocycles. The molecule has 0 aliphatic heterocycles. The fraction of sp³-hybridized carbons (Fsp3) is 0.333. The van der Waals surface area contributed by atoms with Crippen molar-refractivity contribution in [3.63, 3.8) is 0 Å². The number of anilines is 1. The molecule has 0 spiro atoms. The quantitative estimate of drug-likeness (QED) is 0.399. The first-order valence-corrected chi connectivity index (χ1v) is 7.96. The standard InChI is InChI=1S/C15H15F3INO4/c1-3-23-13(21)8-12(15(16,17)18)20-11-6-5-9(7-10(11)19)14(22)24-4-2/h5-8,20H,3-4H2,1-2H3/b12-8+. The van der Waals surface area contributed by atoms with Crippen molar-refractivity contribution in [1.29, 1.82) is 0 Å². The van der Waals surface area contributed by atoms with Gasteiger partial charge in [0.05, 0.1) is 30.5 Å². The molecule has 24 heavy (non-hydrogen) atoms. The molecule has 0 unspecified atom stereocenters. The second-order valence-corrected chi connectivity index (χ2v) is 5.51. The number of carbonyl (C=O) groups excluding carboxylic acids is 2. The molecule has 0 radical (unpaired) electrons. The molecule has 0 amide bonds. The Labute approximate surface area is 150 Å². The van der Waals surface area contributed by atoms with E-state index in [1.165, 1.54) is 25.1 Å². The van der Waals surface area contributed by atoms with Crippen molar-refractivity contribution in [3.05, 3.63) is 39.1 Å². The van der Waals surface area contributed by atoms with E-state index in [4.69, 9.17) is 4.74 Å². The van der Waals surface area contributed by atoms with Crippen LogP contribution in [0, 0.1) is 3.57 Å². The van der Waals surface area contributed by atoms with Crippen LogP contribution in [0.2, 0.25) is 0 Å². The van der Waals surface area contributed by atoms with Crippen LogP contribution in [-0.2, 0) is 14.3 Å². The Bertz CT molecular complexity index is 644. The molecule has 0 aromatic heterocycles. The van der Waals surface area contributed by atoms with Crippen LogP contribution >= 0.6 is 22.6 Å². The van der Waals surface area contributed by atoms with Crippen LogP contribution < -0.4 is 5.32 Å². The van der Waals surface area contributed by atoms with Gasteiger partial charge in [-0.25, -0.2) is 9.59 Å². The van der Waals surface area contributed by atoms with Crippen LogP contribution in [0.3, 0.4) is 0 Å². The summed E-state index contributed by atoms with van der Waals surface area (Å²) in [6.45, 7) is 3.29. The zero-order chi connectivity index (χ0) is 18.3. The minimum atomic E-state index is -4.77. The Kier molecular flexibility index (Phi) is 7.52. The number of carbonyl (C=O) groups is 2. The maximum Gasteiger partial charge on any atom is 0.431 e. The van der Waals surface area contributed by atoms with Crippen LogP contribution in [0.1, 0.15) is 24.2 Å². The van der Waals surface area contributed by atoms with Gasteiger partial charge in [0.1, 0.15) is 5.70 Å². The van der Waals surface area contributed by atoms with Gasteiger partial charge in [0, 0.05) is 3.57 Å². The molecule has 0 heterocycles. The Hall–Kier alpha value is -1.78. The minimum Gasteiger partial charge on any atom is -0.463 e. The highest BCUT2D eigenvalue weighted by atomic mass is 127. The fourth-order valence-corrected chi connectivity index (χ4v) is 2.24. The molecule has 1 N–H and O–H groups in total. The molecular weight excluding hydrogens is 442 g/mol. The normalized spacial score (nSPS) is 11.8. The second kappa shape index (κ2) is 8.90. The van der Waals surface area contributed by atoms with E-state index in [0.717, 1.165) is 0 Å². The van der Waals surface area contributed by atoms with Gasteiger partial charge in [-0.1, -0.05) is 0 Å². The summed E-state index contributed by atoms with van der Waals surface area (Å²) < 4.78 is 48.8. The maximum atomic E-state index is 13.0. The van der Waals surface area contributed by atoms with Gasteiger partial charge in [-0.3, -0.25) is 0 Å². The molecule has 0 bridgehead atoms. The SMILES string of the molecule is CCOC(=O)/C=C(/Nc1ccc(C(=O)OCC)cc1I)C(F)(F)F. The van der Waals surface area contributed by atoms with Crippen LogP contribution in [0.4, 0.5) is 18.9 Å². The van der Waals surface area contributed by atoms with Crippen molar-refractivity contribution in [1.82, 2.24) is 0 Å². The van der Waals surface area contributed by atoms with Gasteiger partial charge in [0.25, 0.3) is 0 Å². The Morgan fingerprint density at radius 1 is 1.21 bits per heavy atom. The Morgan fingerprint density at radius 2 is 1.83 bits per heavy atom. The lowest BCUT2D eigenvalue weighted by atomic mass is 10.2. The monoisotopic (exact) mass is 457 g/mol. The number of ether oxygens (including phenoxy) is 2. The highest BCUT2D eigenvalue weighted by Gasteiger charge is 2.35.